The van der Waals surface area contributed by atoms with Gasteiger partial charge in [-0.3, -0.25) is 9.59 Å². The number of allylic oxidation sites excluding steroid dienone is 2. The molecule has 49 heavy (non-hydrogen) atoms. The Morgan fingerprint density at radius 2 is 1.00 bits per heavy atom. The number of ether oxygens (including phenoxy) is 1. The number of hydrogen-bond acceptors (Lipinski definition) is 5. The molecule has 0 fully saturated rings. The highest BCUT2D eigenvalue weighted by atomic mass is 16.5. The number of hydrogen-bond donors (Lipinski definition) is 3. The van der Waals surface area contributed by atoms with E-state index in [0.29, 0.717) is 19.3 Å². The number of carbonyl (C=O) groups excluding carboxylic acids is 2. The molecule has 6 heteroatoms. The second-order valence-electron chi connectivity index (χ2n) is 14.7. The van der Waals surface area contributed by atoms with E-state index in [-0.39, 0.29) is 24.9 Å². The molecule has 0 radical (unpaired) electrons. The van der Waals surface area contributed by atoms with Crippen molar-refractivity contribution >= 4 is 11.9 Å². The van der Waals surface area contributed by atoms with E-state index in [1.54, 1.807) is 0 Å². The summed E-state index contributed by atoms with van der Waals surface area (Å²) in [5.74, 6) is -0.499. The van der Waals surface area contributed by atoms with Gasteiger partial charge in [0.05, 0.1) is 25.2 Å². The Balaban J connectivity index is 4.63. The molecule has 0 saturated heterocycles. The molecule has 0 aromatic heterocycles. The van der Waals surface area contributed by atoms with E-state index in [9.17, 15) is 19.8 Å². The van der Waals surface area contributed by atoms with Crippen LogP contribution in [0, 0.1) is 0 Å². The van der Waals surface area contributed by atoms with Crippen molar-refractivity contribution in [2.24, 2.45) is 0 Å². The third-order valence-corrected chi connectivity index (χ3v) is 9.84. The van der Waals surface area contributed by atoms with Crippen LogP contribution in [0.2, 0.25) is 0 Å². The van der Waals surface area contributed by atoms with Gasteiger partial charge in [0.2, 0.25) is 5.91 Å². The lowest BCUT2D eigenvalue weighted by molar-refractivity contribution is -0.151. The monoisotopic (exact) mass is 694 g/mol. The normalized spacial score (nSPS) is 13.5. The Kier molecular flexibility index (Phi) is 36.8. The van der Waals surface area contributed by atoms with Gasteiger partial charge in [0.1, 0.15) is 6.10 Å². The Hall–Kier alpha value is -1.40. The zero-order valence-electron chi connectivity index (χ0n) is 32.8. The molecule has 290 valence electrons. The summed E-state index contributed by atoms with van der Waals surface area (Å²) >= 11 is 0. The van der Waals surface area contributed by atoms with Gasteiger partial charge in [-0.2, -0.15) is 0 Å². The molecule has 3 N–H and O–H groups in total. The average Bonchev–Trinajstić information content (AvgIpc) is 3.09. The fourth-order valence-electron chi connectivity index (χ4n) is 6.55. The Labute approximate surface area is 304 Å². The minimum absolute atomic E-state index is 0.0620. The number of nitrogens with one attached hydrogen (secondary N) is 1. The van der Waals surface area contributed by atoms with E-state index in [2.05, 4.69) is 38.2 Å². The molecule has 0 spiro atoms. The van der Waals surface area contributed by atoms with Crippen LogP contribution in [0.15, 0.2) is 12.2 Å². The number of carbonyl (C=O) groups is 2. The van der Waals surface area contributed by atoms with Crippen LogP contribution >= 0.6 is 0 Å². The summed E-state index contributed by atoms with van der Waals surface area (Å²) in [6.07, 6.45) is 38.5. The molecule has 0 aromatic rings. The lowest BCUT2D eigenvalue weighted by Gasteiger charge is -2.24. The molecule has 0 aromatic carbocycles. The predicted molar refractivity (Wildman–Crippen MR) is 209 cm³/mol. The van der Waals surface area contributed by atoms with Gasteiger partial charge in [-0.05, 0) is 44.9 Å². The quantitative estimate of drug-likeness (QED) is 0.0340. The third kappa shape index (κ3) is 33.5. The van der Waals surface area contributed by atoms with Crippen LogP contribution in [0.5, 0.6) is 0 Å². The van der Waals surface area contributed by atoms with Crippen molar-refractivity contribution in [3.63, 3.8) is 0 Å². The molecule has 0 aliphatic heterocycles. The van der Waals surface area contributed by atoms with Gasteiger partial charge in [0.25, 0.3) is 0 Å². The lowest BCUT2D eigenvalue weighted by Crippen LogP contribution is -2.46. The van der Waals surface area contributed by atoms with E-state index in [4.69, 9.17) is 4.74 Å². The van der Waals surface area contributed by atoms with Gasteiger partial charge in [0, 0.05) is 6.42 Å². The van der Waals surface area contributed by atoms with Gasteiger partial charge in [-0.15, -0.1) is 0 Å². The van der Waals surface area contributed by atoms with Crippen molar-refractivity contribution in [1.82, 2.24) is 5.32 Å². The average molecular weight is 694 g/mol. The van der Waals surface area contributed by atoms with E-state index in [1.165, 1.54) is 122 Å². The second-order valence-corrected chi connectivity index (χ2v) is 14.7. The van der Waals surface area contributed by atoms with Gasteiger partial charge in [-0.1, -0.05) is 181 Å². The number of aliphatic hydroxyl groups is 2. The highest BCUT2D eigenvalue weighted by Crippen LogP contribution is 2.17. The van der Waals surface area contributed by atoms with Crippen LogP contribution < -0.4 is 5.32 Å². The first-order chi connectivity index (χ1) is 24.0. The Bertz CT molecular complexity index is 742. The standard InChI is InChI=1S/C43H83NO5/c1-4-7-10-13-16-19-21-23-25-28-31-34-39(49-43(48)36-33-30-27-24-20-17-14-11-8-5-2)37-42(47)44-40(38-45)41(46)35-32-29-26-22-18-15-12-9-6-3/h23,25,39-41,45-46H,4-22,24,26-38H2,1-3H3,(H,44,47)/b25-23-. The molecule has 1 amide bonds. The number of esters is 1. The molecule has 0 rings (SSSR count). The summed E-state index contributed by atoms with van der Waals surface area (Å²) in [6.45, 7) is 6.42. The van der Waals surface area contributed by atoms with Crippen LogP contribution in [-0.2, 0) is 14.3 Å². The molecule has 0 saturated carbocycles. The third-order valence-electron chi connectivity index (χ3n) is 9.84. The number of amides is 1. The molecule has 3 atom stereocenters. The maximum atomic E-state index is 13.0. The van der Waals surface area contributed by atoms with E-state index < -0.39 is 18.2 Å². The van der Waals surface area contributed by atoms with Crippen molar-refractivity contribution in [3.05, 3.63) is 12.2 Å². The zero-order valence-corrected chi connectivity index (χ0v) is 32.8. The molecule has 0 aliphatic rings. The fraction of sp³-hybridized carbons (Fsp3) is 0.907. The second kappa shape index (κ2) is 37.8. The van der Waals surface area contributed by atoms with Crippen LogP contribution in [0.1, 0.15) is 226 Å². The van der Waals surface area contributed by atoms with Gasteiger partial charge >= 0.3 is 5.97 Å². The molecule has 3 unspecified atom stereocenters. The molecular formula is C43H83NO5. The van der Waals surface area contributed by atoms with Crippen LogP contribution in [-0.4, -0.2) is 46.9 Å². The maximum absolute atomic E-state index is 13.0. The summed E-state index contributed by atoms with van der Waals surface area (Å²) in [5, 5.41) is 23.5. The number of unbranched alkanes of at least 4 members (excludes halogenated alkanes) is 24. The first kappa shape index (κ1) is 47.6. The van der Waals surface area contributed by atoms with Gasteiger partial charge in [-0.25, -0.2) is 0 Å². The summed E-state index contributed by atoms with van der Waals surface area (Å²) in [4.78, 5) is 25.8. The van der Waals surface area contributed by atoms with E-state index >= 15 is 0 Å². The van der Waals surface area contributed by atoms with Gasteiger partial charge in [0.15, 0.2) is 0 Å². The first-order valence-corrected chi connectivity index (χ1v) is 21.4. The minimum atomic E-state index is -0.785. The SMILES string of the molecule is CCCCCCCC/C=C\CCCC(CC(=O)NC(CO)C(O)CCCCCCCCCCC)OC(=O)CCCCCCCCCCCC. The minimum Gasteiger partial charge on any atom is -0.462 e. The molecule has 6 nitrogen and oxygen atoms in total. The van der Waals surface area contributed by atoms with Crippen molar-refractivity contribution in [2.75, 3.05) is 6.61 Å². The summed E-state index contributed by atoms with van der Waals surface area (Å²) in [5.41, 5.74) is 0. The van der Waals surface area contributed by atoms with Gasteiger partial charge < -0.3 is 20.3 Å². The Morgan fingerprint density at radius 1 is 0.571 bits per heavy atom. The molecule has 0 heterocycles. The summed E-state index contributed by atoms with van der Waals surface area (Å²) < 4.78 is 5.86. The van der Waals surface area contributed by atoms with E-state index in [1.807, 2.05) is 0 Å². The predicted octanol–water partition coefficient (Wildman–Crippen LogP) is 11.8. The van der Waals surface area contributed by atoms with Crippen molar-refractivity contribution in [3.8, 4) is 0 Å². The highest BCUT2D eigenvalue weighted by Gasteiger charge is 2.24. The number of aliphatic hydroxyl groups excluding tert-OH is 2. The largest absolute Gasteiger partial charge is 0.462 e. The topological polar surface area (TPSA) is 95.9 Å². The zero-order chi connectivity index (χ0) is 36.0. The van der Waals surface area contributed by atoms with Crippen molar-refractivity contribution in [2.45, 2.75) is 244 Å². The van der Waals surface area contributed by atoms with Crippen molar-refractivity contribution < 1.29 is 24.5 Å². The fourth-order valence-corrected chi connectivity index (χ4v) is 6.55. The van der Waals surface area contributed by atoms with Crippen LogP contribution in [0.4, 0.5) is 0 Å². The molecule has 0 aliphatic carbocycles. The van der Waals surface area contributed by atoms with Crippen LogP contribution in [0.3, 0.4) is 0 Å². The number of rotatable bonds is 38. The van der Waals surface area contributed by atoms with Crippen molar-refractivity contribution in [1.29, 1.82) is 0 Å². The maximum Gasteiger partial charge on any atom is 0.306 e. The highest BCUT2D eigenvalue weighted by molar-refractivity contribution is 5.77. The smallest absolute Gasteiger partial charge is 0.306 e. The summed E-state index contributed by atoms with van der Waals surface area (Å²) in [7, 11) is 0. The molecular weight excluding hydrogens is 610 g/mol. The first-order valence-electron chi connectivity index (χ1n) is 21.4. The summed E-state index contributed by atoms with van der Waals surface area (Å²) in [6, 6.07) is -0.700. The Morgan fingerprint density at radius 3 is 1.49 bits per heavy atom. The van der Waals surface area contributed by atoms with Crippen LogP contribution in [0.25, 0.3) is 0 Å². The van der Waals surface area contributed by atoms with E-state index in [0.717, 1.165) is 57.8 Å². The lowest BCUT2D eigenvalue weighted by atomic mass is 10.0. The molecule has 0 bridgehead atoms.